The van der Waals surface area contributed by atoms with Crippen molar-refractivity contribution in [3.05, 3.63) is 59.1 Å². The summed E-state index contributed by atoms with van der Waals surface area (Å²) in [5.41, 5.74) is 2.08. The molecular formula is C18H18ClN3OS. The largest absolute Gasteiger partial charge is 0.493 e. The molecule has 2 aromatic carbocycles. The molecule has 0 spiro atoms. The molecule has 0 unspecified atom stereocenters. The molecule has 3 rings (SSSR count). The highest BCUT2D eigenvalue weighted by Crippen LogP contribution is 2.28. The van der Waals surface area contributed by atoms with E-state index in [9.17, 15) is 0 Å². The third kappa shape index (κ3) is 3.91. The Hall–Kier alpha value is -1.98. The predicted octanol–water partition coefficient (Wildman–Crippen LogP) is 4.62. The van der Waals surface area contributed by atoms with Gasteiger partial charge in [0, 0.05) is 18.4 Å². The molecule has 0 amide bonds. The van der Waals surface area contributed by atoms with Crippen molar-refractivity contribution >= 4 is 23.4 Å². The number of nitrogens with zero attached hydrogens (tertiary/aromatic N) is 3. The van der Waals surface area contributed by atoms with Crippen molar-refractivity contribution in [3.63, 3.8) is 0 Å². The van der Waals surface area contributed by atoms with Gasteiger partial charge in [0.25, 0.3) is 0 Å². The first-order valence-electron chi connectivity index (χ1n) is 7.61. The molecule has 0 aliphatic rings. The zero-order valence-corrected chi connectivity index (χ0v) is 15.1. The van der Waals surface area contributed by atoms with Crippen LogP contribution < -0.4 is 4.74 Å². The van der Waals surface area contributed by atoms with Gasteiger partial charge in [-0.15, -0.1) is 10.2 Å². The second kappa shape index (κ2) is 7.73. The first-order valence-corrected chi connectivity index (χ1v) is 8.98. The van der Waals surface area contributed by atoms with Crippen molar-refractivity contribution in [3.8, 4) is 17.1 Å². The Balaban J connectivity index is 1.60. The monoisotopic (exact) mass is 359 g/mol. The zero-order valence-electron chi connectivity index (χ0n) is 13.6. The lowest BCUT2D eigenvalue weighted by molar-refractivity contribution is 0.343. The van der Waals surface area contributed by atoms with Crippen molar-refractivity contribution in [1.82, 2.24) is 14.8 Å². The van der Waals surface area contributed by atoms with Crippen molar-refractivity contribution in [1.29, 1.82) is 0 Å². The number of thioether (sulfide) groups is 1. The molecule has 6 heteroatoms. The minimum absolute atomic E-state index is 0.613. The van der Waals surface area contributed by atoms with Crippen molar-refractivity contribution in [2.45, 2.75) is 12.1 Å². The van der Waals surface area contributed by atoms with E-state index in [1.807, 2.05) is 54.1 Å². The average molecular weight is 360 g/mol. The molecule has 24 heavy (non-hydrogen) atoms. The Morgan fingerprint density at radius 3 is 2.75 bits per heavy atom. The van der Waals surface area contributed by atoms with Crippen LogP contribution in [0.5, 0.6) is 5.75 Å². The van der Waals surface area contributed by atoms with Gasteiger partial charge in [-0.05, 0) is 36.8 Å². The van der Waals surface area contributed by atoms with Gasteiger partial charge in [-0.1, -0.05) is 47.6 Å². The molecule has 3 aromatic rings. The molecule has 0 saturated heterocycles. The van der Waals surface area contributed by atoms with E-state index in [0.717, 1.165) is 28.0 Å². The number of aromatic nitrogens is 3. The van der Waals surface area contributed by atoms with Gasteiger partial charge in [-0.25, -0.2) is 0 Å². The minimum Gasteiger partial charge on any atom is -0.493 e. The number of ether oxygens (including phenoxy) is 1. The summed E-state index contributed by atoms with van der Waals surface area (Å²) in [6.07, 6.45) is 0. The summed E-state index contributed by atoms with van der Waals surface area (Å²) < 4.78 is 7.72. The van der Waals surface area contributed by atoms with E-state index in [2.05, 4.69) is 23.2 Å². The summed E-state index contributed by atoms with van der Waals surface area (Å²) >= 11 is 7.85. The summed E-state index contributed by atoms with van der Waals surface area (Å²) in [5, 5.41) is 10.0. The summed E-state index contributed by atoms with van der Waals surface area (Å²) in [4.78, 5) is 0. The Kier molecular flexibility index (Phi) is 5.43. The normalized spacial score (nSPS) is 10.8. The lowest BCUT2D eigenvalue weighted by Crippen LogP contribution is -2.02. The van der Waals surface area contributed by atoms with Crippen LogP contribution in [0.4, 0.5) is 0 Å². The molecule has 0 N–H and O–H groups in total. The number of halogens is 1. The first kappa shape index (κ1) is 16.9. The van der Waals surface area contributed by atoms with Crippen LogP contribution in [-0.4, -0.2) is 27.1 Å². The van der Waals surface area contributed by atoms with Crippen LogP contribution in [0.25, 0.3) is 11.4 Å². The quantitative estimate of drug-likeness (QED) is 0.475. The molecule has 0 fully saturated rings. The summed E-state index contributed by atoms with van der Waals surface area (Å²) in [6.45, 7) is 2.67. The number of hydrogen-bond acceptors (Lipinski definition) is 4. The number of aryl methyl sites for hydroxylation is 1. The van der Waals surface area contributed by atoms with Crippen molar-refractivity contribution in [2.24, 2.45) is 7.05 Å². The van der Waals surface area contributed by atoms with E-state index in [0.29, 0.717) is 11.6 Å². The number of hydrogen-bond donors (Lipinski definition) is 0. The predicted molar refractivity (Wildman–Crippen MR) is 98.8 cm³/mol. The maximum absolute atomic E-state index is 6.24. The number of rotatable bonds is 6. The fourth-order valence-electron chi connectivity index (χ4n) is 2.32. The van der Waals surface area contributed by atoms with Crippen LogP contribution in [0.2, 0.25) is 5.02 Å². The summed E-state index contributed by atoms with van der Waals surface area (Å²) in [5.74, 6) is 2.45. The van der Waals surface area contributed by atoms with E-state index in [1.165, 1.54) is 5.56 Å². The van der Waals surface area contributed by atoms with Crippen LogP contribution >= 0.6 is 23.4 Å². The molecule has 0 saturated carbocycles. The molecule has 0 aliphatic heterocycles. The van der Waals surface area contributed by atoms with Gasteiger partial charge in [0.1, 0.15) is 5.75 Å². The highest BCUT2D eigenvalue weighted by atomic mass is 35.5. The van der Waals surface area contributed by atoms with Crippen LogP contribution in [-0.2, 0) is 7.05 Å². The Bertz CT molecular complexity index is 835. The van der Waals surface area contributed by atoms with Crippen LogP contribution in [0, 0.1) is 6.92 Å². The number of benzene rings is 2. The maximum atomic E-state index is 6.24. The Morgan fingerprint density at radius 2 is 1.96 bits per heavy atom. The smallest absolute Gasteiger partial charge is 0.191 e. The van der Waals surface area contributed by atoms with Gasteiger partial charge in [0.15, 0.2) is 11.0 Å². The molecule has 124 valence electrons. The molecule has 1 heterocycles. The highest BCUT2D eigenvalue weighted by Gasteiger charge is 2.13. The molecule has 1 aromatic heterocycles. The average Bonchev–Trinajstić information content (AvgIpc) is 2.93. The van der Waals surface area contributed by atoms with Crippen LogP contribution in [0.3, 0.4) is 0 Å². The zero-order chi connectivity index (χ0) is 16.9. The maximum Gasteiger partial charge on any atom is 0.191 e. The highest BCUT2D eigenvalue weighted by molar-refractivity contribution is 7.99. The van der Waals surface area contributed by atoms with Gasteiger partial charge < -0.3 is 9.30 Å². The second-order valence-electron chi connectivity index (χ2n) is 5.36. The third-order valence-corrected chi connectivity index (χ3v) is 4.84. The molecule has 0 atom stereocenters. The fraction of sp³-hybridized carbons (Fsp3) is 0.222. The molecular weight excluding hydrogens is 342 g/mol. The summed E-state index contributed by atoms with van der Waals surface area (Å²) in [7, 11) is 1.95. The third-order valence-electron chi connectivity index (χ3n) is 3.52. The van der Waals surface area contributed by atoms with Crippen molar-refractivity contribution < 1.29 is 4.74 Å². The molecule has 4 nitrogen and oxygen atoms in total. The summed E-state index contributed by atoms with van der Waals surface area (Å²) in [6, 6.07) is 15.7. The van der Waals surface area contributed by atoms with Gasteiger partial charge in [0.2, 0.25) is 0 Å². The standard InChI is InChI=1S/C18H18ClN3OS/c1-13-6-5-7-14(12-13)23-10-11-24-18-21-20-17(22(18)2)15-8-3-4-9-16(15)19/h3-9,12H,10-11H2,1-2H3. The van der Waals surface area contributed by atoms with Gasteiger partial charge in [-0.3, -0.25) is 0 Å². The first-order chi connectivity index (χ1) is 11.6. The van der Waals surface area contributed by atoms with E-state index < -0.39 is 0 Å². The van der Waals surface area contributed by atoms with Crippen LogP contribution in [0.15, 0.2) is 53.7 Å². The molecule has 0 bridgehead atoms. The fourth-order valence-corrected chi connectivity index (χ4v) is 3.26. The minimum atomic E-state index is 0.613. The Morgan fingerprint density at radius 1 is 1.12 bits per heavy atom. The van der Waals surface area contributed by atoms with Gasteiger partial charge in [0.05, 0.1) is 11.6 Å². The Labute approximate surface area is 150 Å². The lowest BCUT2D eigenvalue weighted by Gasteiger charge is -2.07. The van der Waals surface area contributed by atoms with Crippen LogP contribution in [0.1, 0.15) is 5.56 Å². The SMILES string of the molecule is Cc1cccc(OCCSc2nnc(-c3ccccc3Cl)n2C)c1. The van der Waals surface area contributed by atoms with E-state index >= 15 is 0 Å². The molecule has 0 radical (unpaired) electrons. The topological polar surface area (TPSA) is 39.9 Å². The van der Waals surface area contributed by atoms with E-state index in [-0.39, 0.29) is 0 Å². The van der Waals surface area contributed by atoms with Gasteiger partial charge in [-0.2, -0.15) is 0 Å². The van der Waals surface area contributed by atoms with Gasteiger partial charge >= 0.3 is 0 Å². The second-order valence-corrected chi connectivity index (χ2v) is 6.83. The lowest BCUT2D eigenvalue weighted by atomic mass is 10.2. The molecule has 0 aliphatic carbocycles. The van der Waals surface area contributed by atoms with E-state index in [1.54, 1.807) is 11.8 Å². The van der Waals surface area contributed by atoms with E-state index in [4.69, 9.17) is 16.3 Å². The van der Waals surface area contributed by atoms with Crippen molar-refractivity contribution in [2.75, 3.05) is 12.4 Å².